The molecule has 7 nitrogen and oxygen atoms in total. The molecule has 0 radical (unpaired) electrons. The van der Waals surface area contributed by atoms with Crippen LogP contribution in [0.25, 0.3) is 22.4 Å². The Balaban J connectivity index is 1.46. The minimum Gasteiger partial charge on any atom is -0.387 e. The summed E-state index contributed by atoms with van der Waals surface area (Å²) in [6.45, 7) is 4.13. The van der Waals surface area contributed by atoms with Gasteiger partial charge in [-0.3, -0.25) is 4.57 Å². The summed E-state index contributed by atoms with van der Waals surface area (Å²) < 4.78 is 17.0. The molecule has 0 saturated heterocycles. The van der Waals surface area contributed by atoms with Crippen LogP contribution in [-0.4, -0.2) is 30.4 Å². The molecule has 0 bridgehead atoms. The van der Waals surface area contributed by atoms with Crippen molar-refractivity contribution in [1.29, 1.82) is 0 Å². The molecule has 0 atom stereocenters. The Bertz CT molecular complexity index is 1450. The van der Waals surface area contributed by atoms with Gasteiger partial charge >= 0.3 is 0 Å². The van der Waals surface area contributed by atoms with Crippen molar-refractivity contribution in [3.8, 4) is 5.69 Å². The highest BCUT2D eigenvalue weighted by Crippen LogP contribution is 2.29. The first-order valence-electron chi connectivity index (χ1n) is 9.90. The highest BCUT2D eigenvalue weighted by Gasteiger charge is 2.19. The highest BCUT2D eigenvalue weighted by atomic mass is 35.5. The van der Waals surface area contributed by atoms with Gasteiger partial charge in [-0.05, 0) is 61.4 Å². The van der Waals surface area contributed by atoms with E-state index in [-0.39, 0.29) is 12.4 Å². The number of halogens is 2. The van der Waals surface area contributed by atoms with Crippen molar-refractivity contribution in [3.63, 3.8) is 0 Å². The van der Waals surface area contributed by atoms with Gasteiger partial charge in [0.25, 0.3) is 0 Å². The van der Waals surface area contributed by atoms with E-state index in [4.69, 9.17) is 16.4 Å². The van der Waals surface area contributed by atoms with Crippen LogP contribution < -0.4 is 0 Å². The van der Waals surface area contributed by atoms with Crippen molar-refractivity contribution in [2.24, 2.45) is 5.16 Å². The lowest BCUT2D eigenvalue weighted by atomic mass is 10.2. The van der Waals surface area contributed by atoms with Crippen LogP contribution in [0.2, 0.25) is 5.02 Å². The van der Waals surface area contributed by atoms with Crippen LogP contribution in [0, 0.1) is 19.7 Å². The number of hydrogen-bond donors (Lipinski definition) is 0. The first-order chi connectivity index (χ1) is 15.5. The first kappa shape index (κ1) is 20.1. The van der Waals surface area contributed by atoms with Crippen LogP contribution in [0.4, 0.5) is 4.39 Å². The van der Waals surface area contributed by atoms with Crippen LogP contribution in [0.3, 0.4) is 0 Å². The van der Waals surface area contributed by atoms with E-state index in [2.05, 4.69) is 20.2 Å². The van der Waals surface area contributed by atoms with E-state index in [0.29, 0.717) is 16.5 Å². The molecule has 9 heteroatoms. The fraction of sp³-hybridized carbons (Fsp3) is 0.130. The highest BCUT2D eigenvalue weighted by molar-refractivity contribution is 6.30. The van der Waals surface area contributed by atoms with E-state index in [9.17, 15) is 4.39 Å². The van der Waals surface area contributed by atoms with E-state index >= 15 is 0 Å². The van der Waals surface area contributed by atoms with Crippen LogP contribution in [0.5, 0.6) is 0 Å². The Morgan fingerprint density at radius 3 is 2.56 bits per heavy atom. The lowest BCUT2D eigenvalue weighted by Gasteiger charge is -2.07. The summed E-state index contributed by atoms with van der Waals surface area (Å²) in [5.41, 5.74) is 5.15. The van der Waals surface area contributed by atoms with E-state index in [1.54, 1.807) is 41.3 Å². The van der Waals surface area contributed by atoms with E-state index < -0.39 is 0 Å². The zero-order valence-electron chi connectivity index (χ0n) is 17.3. The molecule has 3 heterocycles. The molecule has 32 heavy (non-hydrogen) atoms. The molecular weight excluding hydrogens is 431 g/mol. The Morgan fingerprint density at radius 1 is 1.06 bits per heavy atom. The van der Waals surface area contributed by atoms with Crippen molar-refractivity contribution in [3.05, 3.63) is 88.3 Å². The van der Waals surface area contributed by atoms with Crippen molar-refractivity contribution < 1.29 is 9.23 Å². The normalized spacial score (nSPS) is 11.8. The lowest BCUT2D eigenvalue weighted by molar-refractivity contribution is 0.126. The second kappa shape index (κ2) is 8.05. The molecule has 0 N–H and O–H groups in total. The number of aryl methyl sites for hydroxylation is 1. The molecule has 0 aliphatic rings. The van der Waals surface area contributed by atoms with Gasteiger partial charge in [0.1, 0.15) is 12.1 Å². The SMILES string of the molecule is Cc1c(C)n(-c2ccc(F)cc2)c2ncn3nc(CO/N=C/c4ccc(Cl)cc4)nc3c12. The molecule has 160 valence electrons. The fourth-order valence-corrected chi connectivity index (χ4v) is 3.74. The van der Waals surface area contributed by atoms with E-state index in [0.717, 1.165) is 33.5 Å². The molecule has 0 amide bonds. The van der Waals surface area contributed by atoms with Crippen molar-refractivity contribution in [2.75, 3.05) is 0 Å². The summed E-state index contributed by atoms with van der Waals surface area (Å²) in [5.74, 6) is 0.204. The van der Waals surface area contributed by atoms with Gasteiger partial charge < -0.3 is 4.84 Å². The summed E-state index contributed by atoms with van der Waals surface area (Å²) in [5, 5.41) is 9.97. The number of oxime groups is 1. The molecular formula is C23H18ClFN6O. The molecule has 0 saturated carbocycles. The molecule has 5 rings (SSSR count). The maximum absolute atomic E-state index is 13.4. The number of hydrogen-bond acceptors (Lipinski definition) is 5. The zero-order chi connectivity index (χ0) is 22.2. The number of aromatic nitrogens is 5. The van der Waals surface area contributed by atoms with Gasteiger partial charge in [0.15, 0.2) is 23.7 Å². The average molecular weight is 449 g/mol. The summed E-state index contributed by atoms with van der Waals surface area (Å²) >= 11 is 5.88. The molecule has 0 fully saturated rings. The fourth-order valence-electron chi connectivity index (χ4n) is 3.61. The van der Waals surface area contributed by atoms with Crippen LogP contribution in [0.1, 0.15) is 22.6 Å². The van der Waals surface area contributed by atoms with Crippen LogP contribution >= 0.6 is 11.6 Å². The zero-order valence-corrected chi connectivity index (χ0v) is 18.1. The van der Waals surface area contributed by atoms with E-state index in [1.165, 1.54) is 12.1 Å². The second-order valence-electron chi connectivity index (χ2n) is 7.32. The van der Waals surface area contributed by atoms with Gasteiger partial charge in [-0.15, -0.1) is 5.10 Å². The number of benzene rings is 2. The molecule has 0 aliphatic carbocycles. The maximum Gasteiger partial charge on any atom is 0.192 e. The Morgan fingerprint density at radius 2 is 1.81 bits per heavy atom. The summed E-state index contributed by atoms with van der Waals surface area (Å²) in [7, 11) is 0. The van der Waals surface area contributed by atoms with E-state index in [1.807, 2.05) is 30.5 Å². The van der Waals surface area contributed by atoms with Gasteiger partial charge in [-0.2, -0.15) is 0 Å². The lowest BCUT2D eigenvalue weighted by Crippen LogP contribution is -1.99. The maximum atomic E-state index is 13.4. The Kier molecular flexibility index (Phi) is 5.07. The number of rotatable bonds is 5. The molecule has 5 aromatic rings. The molecule has 3 aromatic heterocycles. The molecule has 0 aliphatic heterocycles. The average Bonchev–Trinajstić information content (AvgIpc) is 3.32. The van der Waals surface area contributed by atoms with Crippen molar-refractivity contribution in [2.45, 2.75) is 20.5 Å². The Hall–Kier alpha value is -3.78. The molecule has 2 aromatic carbocycles. The molecule has 0 unspecified atom stereocenters. The van der Waals surface area contributed by atoms with Gasteiger partial charge in [-0.1, -0.05) is 28.9 Å². The van der Waals surface area contributed by atoms with Crippen molar-refractivity contribution in [1.82, 2.24) is 24.1 Å². The van der Waals surface area contributed by atoms with Crippen LogP contribution in [-0.2, 0) is 11.4 Å². The third-order valence-electron chi connectivity index (χ3n) is 5.30. The quantitative estimate of drug-likeness (QED) is 0.279. The second-order valence-corrected chi connectivity index (χ2v) is 7.76. The minimum atomic E-state index is -0.282. The summed E-state index contributed by atoms with van der Waals surface area (Å²) in [6, 6.07) is 13.6. The number of fused-ring (bicyclic) bond motifs is 3. The van der Waals surface area contributed by atoms with Gasteiger partial charge in [0.2, 0.25) is 0 Å². The minimum absolute atomic E-state index is 0.115. The van der Waals surface area contributed by atoms with Crippen molar-refractivity contribution >= 4 is 34.5 Å². The largest absolute Gasteiger partial charge is 0.387 e. The molecule has 0 spiro atoms. The first-order valence-corrected chi connectivity index (χ1v) is 10.3. The standard InChI is InChI=1S/C23H18ClFN6O/c1-14-15(2)31(19-9-7-18(25)8-10-19)22-21(14)23-28-20(29-30(23)13-26-22)12-32-27-11-16-3-5-17(24)6-4-16/h3-11,13H,12H2,1-2H3/b27-11+. The summed E-state index contributed by atoms with van der Waals surface area (Å²) in [4.78, 5) is 14.6. The third kappa shape index (κ3) is 3.58. The topological polar surface area (TPSA) is 69.6 Å². The van der Waals surface area contributed by atoms with Crippen LogP contribution in [0.15, 0.2) is 60.0 Å². The third-order valence-corrected chi connectivity index (χ3v) is 5.55. The summed E-state index contributed by atoms with van der Waals surface area (Å²) in [6.07, 6.45) is 3.21. The van der Waals surface area contributed by atoms with Gasteiger partial charge in [0, 0.05) is 16.4 Å². The number of nitrogens with zero attached hydrogens (tertiary/aromatic N) is 6. The van der Waals surface area contributed by atoms with Gasteiger partial charge in [0.05, 0.1) is 11.6 Å². The van der Waals surface area contributed by atoms with Gasteiger partial charge in [-0.25, -0.2) is 18.9 Å². The smallest absolute Gasteiger partial charge is 0.192 e. The Labute approximate surface area is 187 Å². The predicted octanol–water partition coefficient (Wildman–Crippen LogP) is 5.03. The monoisotopic (exact) mass is 448 g/mol. The predicted molar refractivity (Wildman–Crippen MR) is 121 cm³/mol.